The first-order valence-electron chi connectivity index (χ1n) is 5.55. The van der Waals surface area contributed by atoms with E-state index in [0.29, 0.717) is 5.56 Å². The van der Waals surface area contributed by atoms with Gasteiger partial charge in [-0.15, -0.1) is 0 Å². The van der Waals surface area contributed by atoms with Gasteiger partial charge in [0, 0.05) is 0 Å². The Hall–Kier alpha value is -0.630. The summed E-state index contributed by atoms with van der Waals surface area (Å²) in [6, 6.07) is 8.77. The predicted molar refractivity (Wildman–Crippen MR) is 69.3 cm³/mol. The second-order valence-electron chi connectivity index (χ2n) is 4.08. The van der Waals surface area contributed by atoms with Crippen LogP contribution in [0.5, 0.6) is 0 Å². The van der Waals surface area contributed by atoms with Crippen molar-refractivity contribution in [1.82, 2.24) is 0 Å². The molecule has 5 nitrogen and oxygen atoms in total. The number of hydrogen-bond donors (Lipinski definition) is 6. The van der Waals surface area contributed by atoms with Gasteiger partial charge in [-0.2, -0.15) is 12.6 Å². The van der Waals surface area contributed by atoms with E-state index in [4.69, 9.17) is 5.11 Å². The molecule has 1 aromatic carbocycles. The summed E-state index contributed by atoms with van der Waals surface area (Å²) < 4.78 is 0. The first-order valence-corrected chi connectivity index (χ1v) is 6.06. The molecule has 1 unspecified atom stereocenters. The smallest absolute Gasteiger partial charge is 0.111 e. The second kappa shape index (κ2) is 7.08. The van der Waals surface area contributed by atoms with Crippen LogP contribution in [-0.2, 0) is 0 Å². The van der Waals surface area contributed by atoms with Crippen LogP contribution in [0.4, 0.5) is 0 Å². The lowest BCUT2D eigenvalue weighted by molar-refractivity contribution is -0.115. The summed E-state index contributed by atoms with van der Waals surface area (Å²) in [5.41, 5.74) is 0.679. The molecule has 0 spiro atoms. The van der Waals surface area contributed by atoms with Crippen molar-refractivity contribution in [3.05, 3.63) is 35.9 Å². The minimum absolute atomic E-state index is 0.679. The van der Waals surface area contributed by atoms with Gasteiger partial charge in [-0.3, -0.25) is 0 Å². The van der Waals surface area contributed by atoms with Gasteiger partial charge in [0.05, 0.1) is 18.0 Å². The Morgan fingerprint density at radius 1 is 0.889 bits per heavy atom. The molecule has 0 saturated carbocycles. The third kappa shape index (κ3) is 3.68. The van der Waals surface area contributed by atoms with E-state index in [1.54, 1.807) is 30.3 Å². The summed E-state index contributed by atoms with van der Waals surface area (Å²) in [4.78, 5) is 0. The van der Waals surface area contributed by atoms with Gasteiger partial charge < -0.3 is 25.5 Å². The van der Waals surface area contributed by atoms with Gasteiger partial charge >= 0.3 is 0 Å². The minimum atomic E-state index is -1.64. The molecule has 0 heterocycles. The molecule has 0 fully saturated rings. The molecule has 0 aromatic heterocycles. The average Bonchev–Trinajstić information content (AvgIpc) is 2.44. The molecule has 18 heavy (non-hydrogen) atoms. The SMILES string of the molecule is OC[C@@H](O)[C@@H](O)[C@H](O)[C@@H](O)C(S)c1ccccc1. The first kappa shape index (κ1) is 15.4. The lowest BCUT2D eigenvalue weighted by Gasteiger charge is -2.28. The highest BCUT2D eigenvalue weighted by Crippen LogP contribution is 2.26. The van der Waals surface area contributed by atoms with Crippen LogP contribution >= 0.6 is 12.6 Å². The number of aliphatic hydroxyl groups excluding tert-OH is 5. The molecule has 0 saturated heterocycles. The van der Waals surface area contributed by atoms with E-state index in [9.17, 15) is 20.4 Å². The van der Waals surface area contributed by atoms with Crippen molar-refractivity contribution in [3.8, 4) is 0 Å². The van der Waals surface area contributed by atoms with Crippen molar-refractivity contribution in [2.75, 3.05) is 6.61 Å². The minimum Gasteiger partial charge on any atom is -0.394 e. The van der Waals surface area contributed by atoms with Crippen molar-refractivity contribution in [1.29, 1.82) is 0 Å². The fraction of sp³-hybridized carbons (Fsp3) is 0.500. The van der Waals surface area contributed by atoms with Gasteiger partial charge in [-0.1, -0.05) is 30.3 Å². The van der Waals surface area contributed by atoms with Gasteiger partial charge in [-0.25, -0.2) is 0 Å². The van der Waals surface area contributed by atoms with Crippen LogP contribution in [0.1, 0.15) is 10.8 Å². The van der Waals surface area contributed by atoms with Crippen molar-refractivity contribution in [2.24, 2.45) is 0 Å². The normalized spacial score (nSPS) is 19.9. The molecule has 5 N–H and O–H groups in total. The van der Waals surface area contributed by atoms with Crippen LogP contribution < -0.4 is 0 Å². The first-order chi connectivity index (χ1) is 8.49. The Kier molecular flexibility index (Phi) is 6.07. The van der Waals surface area contributed by atoms with E-state index in [0.717, 1.165) is 0 Å². The molecule has 6 heteroatoms. The number of thiol groups is 1. The Morgan fingerprint density at radius 2 is 1.44 bits per heavy atom. The monoisotopic (exact) mass is 274 g/mol. The lowest BCUT2D eigenvalue weighted by atomic mass is 9.97. The summed E-state index contributed by atoms with van der Waals surface area (Å²) in [6.07, 6.45) is -6.11. The van der Waals surface area contributed by atoms with Crippen LogP contribution in [-0.4, -0.2) is 56.6 Å². The maximum Gasteiger partial charge on any atom is 0.111 e. The van der Waals surface area contributed by atoms with Crippen LogP contribution in [0.2, 0.25) is 0 Å². The number of hydrogen-bond acceptors (Lipinski definition) is 6. The standard InChI is InChI=1S/C12H18O5S/c13-6-8(14)9(15)10(16)11(17)12(18)7-4-2-1-3-5-7/h1-5,8-18H,6H2/t8-,9-,10+,11-,12?/m1/s1. The Labute approximate surface area is 111 Å². The van der Waals surface area contributed by atoms with Crippen molar-refractivity contribution >= 4 is 12.6 Å². The number of aliphatic hydroxyl groups is 5. The van der Waals surface area contributed by atoms with E-state index >= 15 is 0 Å². The van der Waals surface area contributed by atoms with E-state index in [1.165, 1.54) is 0 Å². The fourth-order valence-corrected chi connectivity index (χ4v) is 1.92. The van der Waals surface area contributed by atoms with Gasteiger partial charge in [0.25, 0.3) is 0 Å². The Balaban J connectivity index is 2.72. The quantitative estimate of drug-likeness (QED) is 0.377. The molecular formula is C12H18O5S. The second-order valence-corrected chi connectivity index (χ2v) is 4.63. The fourth-order valence-electron chi connectivity index (χ4n) is 1.57. The van der Waals surface area contributed by atoms with Gasteiger partial charge in [0.2, 0.25) is 0 Å². The predicted octanol–water partition coefficient (Wildman–Crippen LogP) is -0.907. The molecule has 0 aliphatic heterocycles. The molecule has 102 valence electrons. The Morgan fingerprint density at radius 3 is 1.94 bits per heavy atom. The van der Waals surface area contributed by atoms with Crippen LogP contribution in [0.3, 0.4) is 0 Å². The van der Waals surface area contributed by atoms with E-state index in [-0.39, 0.29) is 0 Å². The zero-order chi connectivity index (χ0) is 13.7. The third-order valence-electron chi connectivity index (χ3n) is 2.75. The highest BCUT2D eigenvalue weighted by molar-refractivity contribution is 7.80. The van der Waals surface area contributed by atoms with Crippen LogP contribution in [0, 0.1) is 0 Å². The molecule has 1 rings (SSSR count). The van der Waals surface area contributed by atoms with Gasteiger partial charge in [0.15, 0.2) is 0 Å². The largest absolute Gasteiger partial charge is 0.394 e. The van der Waals surface area contributed by atoms with Crippen molar-refractivity contribution in [3.63, 3.8) is 0 Å². The molecule has 1 aromatic rings. The number of rotatable bonds is 6. The summed E-state index contributed by atoms with van der Waals surface area (Å²) >= 11 is 4.18. The highest BCUT2D eigenvalue weighted by atomic mass is 32.1. The third-order valence-corrected chi connectivity index (χ3v) is 3.35. The maximum atomic E-state index is 9.88. The summed E-state index contributed by atoms with van der Waals surface area (Å²) in [6.45, 7) is -0.701. The van der Waals surface area contributed by atoms with Gasteiger partial charge in [-0.05, 0) is 5.56 Å². The van der Waals surface area contributed by atoms with Crippen LogP contribution in [0.25, 0.3) is 0 Å². The summed E-state index contributed by atoms with van der Waals surface area (Å²) in [7, 11) is 0. The molecular weight excluding hydrogens is 256 g/mol. The van der Waals surface area contributed by atoms with E-state index in [2.05, 4.69) is 12.6 Å². The van der Waals surface area contributed by atoms with Gasteiger partial charge in [0.1, 0.15) is 18.3 Å². The summed E-state index contributed by atoms with van der Waals surface area (Å²) in [5, 5.41) is 46.2. The van der Waals surface area contributed by atoms with Crippen molar-refractivity contribution in [2.45, 2.75) is 29.7 Å². The van der Waals surface area contributed by atoms with Crippen LogP contribution in [0.15, 0.2) is 30.3 Å². The molecule has 0 radical (unpaired) electrons. The number of benzene rings is 1. The topological polar surface area (TPSA) is 101 Å². The van der Waals surface area contributed by atoms with E-state index in [1.807, 2.05) is 0 Å². The molecule has 0 aliphatic carbocycles. The summed E-state index contributed by atoms with van der Waals surface area (Å²) in [5.74, 6) is 0. The zero-order valence-electron chi connectivity index (χ0n) is 9.66. The highest BCUT2D eigenvalue weighted by Gasteiger charge is 2.33. The molecule has 5 atom stereocenters. The lowest BCUT2D eigenvalue weighted by Crippen LogP contribution is -2.47. The molecule has 0 bridgehead atoms. The van der Waals surface area contributed by atoms with Crippen molar-refractivity contribution < 1.29 is 25.5 Å². The molecule has 0 aliphatic rings. The Bertz CT molecular complexity index is 348. The maximum absolute atomic E-state index is 9.88. The molecule has 0 amide bonds. The average molecular weight is 274 g/mol. The zero-order valence-corrected chi connectivity index (χ0v) is 10.6. The van der Waals surface area contributed by atoms with E-state index < -0.39 is 36.3 Å².